The molecule has 4 heteroatoms. The normalized spacial score (nSPS) is 11.5. The summed E-state index contributed by atoms with van der Waals surface area (Å²) in [6, 6.07) is 44.0. The van der Waals surface area contributed by atoms with E-state index in [4.69, 9.17) is 6.57 Å². The Labute approximate surface area is 235 Å². The monoisotopic (exact) mass is 527 g/mol. The van der Waals surface area contributed by atoms with Crippen molar-refractivity contribution in [1.29, 1.82) is 0 Å². The maximum atomic E-state index is 15.5. The molecule has 0 amide bonds. The van der Waals surface area contributed by atoms with Gasteiger partial charge in [-0.2, -0.15) is 0 Å². The molecule has 0 fully saturated rings. The van der Waals surface area contributed by atoms with Crippen LogP contribution in [0.15, 0.2) is 133 Å². The van der Waals surface area contributed by atoms with Crippen molar-refractivity contribution in [2.75, 3.05) is 0 Å². The van der Waals surface area contributed by atoms with Gasteiger partial charge in [-0.25, -0.2) is 9.24 Å². The first kappa shape index (κ1) is 23.2. The lowest BCUT2D eigenvalue weighted by Gasteiger charge is -2.15. The zero-order valence-corrected chi connectivity index (χ0v) is 21.9. The average Bonchev–Trinajstić information content (AvgIpc) is 3.55. The molecule has 0 aliphatic carbocycles. The molecule has 2 aromatic heterocycles. The lowest BCUT2D eigenvalue weighted by Crippen LogP contribution is -1.98. The number of benzene rings is 6. The van der Waals surface area contributed by atoms with Gasteiger partial charge in [0, 0.05) is 38.4 Å². The van der Waals surface area contributed by atoms with Gasteiger partial charge in [0.05, 0.1) is 34.3 Å². The Balaban J connectivity index is 1.59. The van der Waals surface area contributed by atoms with Crippen molar-refractivity contribution in [2.45, 2.75) is 0 Å². The Hall–Kier alpha value is -5.66. The minimum Gasteiger partial charge on any atom is -0.318 e. The average molecular weight is 528 g/mol. The topological polar surface area (TPSA) is 14.2 Å². The molecule has 0 aliphatic heterocycles. The molecule has 0 spiro atoms. The van der Waals surface area contributed by atoms with Crippen LogP contribution in [0.1, 0.15) is 0 Å². The molecule has 8 aromatic rings. The van der Waals surface area contributed by atoms with Crippen molar-refractivity contribution in [3.63, 3.8) is 0 Å². The molecule has 0 N–H and O–H groups in total. The molecule has 8 rings (SSSR count). The highest BCUT2D eigenvalue weighted by atomic mass is 19.1. The van der Waals surface area contributed by atoms with E-state index in [9.17, 15) is 0 Å². The summed E-state index contributed by atoms with van der Waals surface area (Å²) in [4.78, 5) is 3.87. The number of fused-ring (bicyclic) bond motifs is 6. The molecule has 0 saturated carbocycles. The van der Waals surface area contributed by atoms with Gasteiger partial charge in [-0.05, 0) is 36.4 Å². The van der Waals surface area contributed by atoms with Crippen LogP contribution in [-0.2, 0) is 0 Å². The summed E-state index contributed by atoms with van der Waals surface area (Å²) in [5.74, 6) is -0.238. The van der Waals surface area contributed by atoms with Crippen molar-refractivity contribution in [1.82, 2.24) is 9.13 Å². The van der Waals surface area contributed by atoms with E-state index in [-0.39, 0.29) is 5.82 Å². The molecule has 0 saturated heterocycles. The van der Waals surface area contributed by atoms with E-state index >= 15 is 4.39 Å². The maximum Gasteiger partial charge on any atom is 0.210 e. The SMILES string of the molecule is [C-]#[N+]c1ccccc1-n1c2ccccc2c2cccc(-c3cccc4c5c(F)cccc5n(-c5ccccc5)c34)c21. The second-order valence-electron chi connectivity index (χ2n) is 10.2. The van der Waals surface area contributed by atoms with Crippen molar-refractivity contribution in [2.24, 2.45) is 0 Å². The first-order valence-electron chi connectivity index (χ1n) is 13.5. The van der Waals surface area contributed by atoms with E-state index in [2.05, 4.69) is 68.6 Å². The zero-order chi connectivity index (χ0) is 27.5. The molecular weight excluding hydrogens is 505 g/mol. The molecule has 192 valence electrons. The van der Waals surface area contributed by atoms with Gasteiger partial charge in [0.2, 0.25) is 5.69 Å². The van der Waals surface area contributed by atoms with Crippen LogP contribution in [0.2, 0.25) is 0 Å². The van der Waals surface area contributed by atoms with Gasteiger partial charge in [0.1, 0.15) is 5.82 Å². The number of hydrogen-bond donors (Lipinski definition) is 0. The van der Waals surface area contributed by atoms with Gasteiger partial charge in [-0.3, -0.25) is 0 Å². The van der Waals surface area contributed by atoms with Gasteiger partial charge < -0.3 is 9.13 Å². The van der Waals surface area contributed by atoms with Crippen molar-refractivity contribution in [3.8, 4) is 22.5 Å². The third kappa shape index (κ3) is 3.30. The van der Waals surface area contributed by atoms with E-state index < -0.39 is 0 Å². The Morgan fingerprint density at radius 1 is 0.512 bits per heavy atom. The summed E-state index contributed by atoms with van der Waals surface area (Å²) in [5, 5.41) is 3.69. The minimum absolute atomic E-state index is 0.238. The van der Waals surface area contributed by atoms with E-state index in [0.29, 0.717) is 11.1 Å². The van der Waals surface area contributed by atoms with Gasteiger partial charge >= 0.3 is 0 Å². The maximum absolute atomic E-state index is 15.5. The van der Waals surface area contributed by atoms with E-state index in [1.54, 1.807) is 6.07 Å². The predicted molar refractivity (Wildman–Crippen MR) is 167 cm³/mol. The van der Waals surface area contributed by atoms with Gasteiger partial charge in [0.15, 0.2) is 0 Å². The number of halogens is 1. The van der Waals surface area contributed by atoms with Gasteiger partial charge in [-0.1, -0.05) is 97.1 Å². The second-order valence-corrected chi connectivity index (χ2v) is 10.2. The molecule has 3 nitrogen and oxygen atoms in total. The Morgan fingerprint density at radius 2 is 1.12 bits per heavy atom. The summed E-state index contributed by atoms with van der Waals surface area (Å²) in [6.07, 6.45) is 0. The molecular formula is C37H22FN3. The summed E-state index contributed by atoms with van der Waals surface area (Å²) in [7, 11) is 0. The number of hydrogen-bond acceptors (Lipinski definition) is 0. The molecule has 41 heavy (non-hydrogen) atoms. The molecule has 2 heterocycles. The third-order valence-electron chi connectivity index (χ3n) is 8.00. The highest BCUT2D eigenvalue weighted by Crippen LogP contribution is 2.44. The summed E-state index contributed by atoms with van der Waals surface area (Å²) < 4.78 is 19.9. The van der Waals surface area contributed by atoms with Crippen LogP contribution in [-0.4, -0.2) is 9.13 Å². The lowest BCUT2D eigenvalue weighted by atomic mass is 9.99. The number of aromatic nitrogens is 2. The van der Waals surface area contributed by atoms with Crippen molar-refractivity contribution < 1.29 is 4.39 Å². The summed E-state index contributed by atoms with van der Waals surface area (Å²) >= 11 is 0. The van der Waals surface area contributed by atoms with Crippen LogP contribution < -0.4 is 0 Å². The zero-order valence-electron chi connectivity index (χ0n) is 21.9. The molecule has 0 bridgehead atoms. The molecule has 0 unspecified atom stereocenters. The predicted octanol–water partition coefficient (Wildman–Crippen LogP) is 10.2. The Morgan fingerprint density at radius 3 is 1.93 bits per heavy atom. The first-order valence-corrected chi connectivity index (χ1v) is 13.5. The van der Waals surface area contributed by atoms with Crippen molar-refractivity contribution in [3.05, 3.63) is 151 Å². The van der Waals surface area contributed by atoms with Crippen LogP contribution in [0.25, 0.3) is 71.0 Å². The Kier molecular flexibility index (Phi) is 5.07. The smallest absolute Gasteiger partial charge is 0.210 e. The number of rotatable bonds is 3. The number of nitrogens with zero attached hydrogens (tertiary/aromatic N) is 3. The highest BCUT2D eigenvalue weighted by molar-refractivity contribution is 6.19. The van der Waals surface area contributed by atoms with Crippen LogP contribution >= 0.6 is 0 Å². The van der Waals surface area contributed by atoms with Crippen LogP contribution in [0, 0.1) is 12.4 Å². The summed E-state index contributed by atoms with van der Waals surface area (Å²) in [5.41, 5.74) is 8.23. The quantitative estimate of drug-likeness (QED) is 0.203. The molecule has 0 atom stereocenters. The fourth-order valence-corrected chi connectivity index (χ4v) is 6.37. The van der Waals surface area contributed by atoms with Crippen LogP contribution in [0.3, 0.4) is 0 Å². The molecule has 6 aromatic carbocycles. The van der Waals surface area contributed by atoms with E-state index in [1.165, 1.54) is 6.07 Å². The second kappa shape index (κ2) is 8.94. The molecule has 0 aliphatic rings. The lowest BCUT2D eigenvalue weighted by molar-refractivity contribution is 0.640. The van der Waals surface area contributed by atoms with Crippen LogP contribution in [0.5, 0.6) is 0 Å². The highest BCUT2D eigenvalue weighted by Gasteiger charge is 2.22. The van der Waals surface area contributed by atoms with E-state index in [1.807, 2.05) is 66.7 Å². The fourth-order valence-electron chi connectivity index (χ4n) is 6.37. The summed E-state index contributed by atoms with van der Waals surface area (Å²) in [6.45, 7) is 7.91. The minimum atomic E-state index is -0.238. The van der Waals surface area contributed by atoms with Crippen molar-refractivity contribution >= 4 is 49.3 Å². The Bertz CT molecular complexity index is 2340. The number of para-hydroxylation sites is 6. The standard InChI is InChI=1S/C37H22FN3/c1-39-31-20-6-8-22-33(31)41-32-21-7-5-14-25(32)26-15-9-16-27(36(26)41)28-17-10-18-29-35-30(38)19-11-23-34(35)40(37(28)29)24-12-3-2-4-13-24/h2-23H. The van der Waals surface area contributed by atoms with Gasteiger partial charge in [-0.15, -0.1) is 0 Å². The van der Waals surface area contributed by atoms with E-state index in [0.717, 1.165) is 60.7 Å². The fraction of sp³-hybridized carbons (Fsp3) is 0. The third-order valence-corrected chi connectivity index (χ3v) is 8.00. The largest absolute Gasteiger partial charge is 0.318 e. The van der Waals surface area contributed by atoms with Crippen LogP contribution in [0.4, 0.5) is 10.1 Å². The first-order chi connectivity index (χ1) is 20.3. The van der Waals surface area contributed by atoms with Gasteiger partial charge in [0.25, 0.3) is 0 Å². The molecule has 0 radical (unpaired) electrons.